The van der Waals surface area contributed by atoms with Crippen molar-refractivity contribution >= 4 is 5.91 Å². The quantitative estimate of drug-likeness (QED) is 0.856. The van der Waals surface area contributed by atoms with E-state index >= 15 is 0 Å². The van der Waals surface area contributed by atoms with Gasteiger partial charge in [-0.2, -0.15) is 0 Å². The van der Waals surface area contributed by atoms with Gasteiger partial charge in [0, 0.05) is 32.6 Å². The number of amides is 1. The lowest BCUT2D eigenvalue weighted by Gasteiger charge is -2.35. The van der Waals surface area contributed by atoms with Crippen LogP contribution in [-0.2, 0) is 11.3 Å². The monoisotopic (exact) mass is 316 g/mol. The highest BCUT2D eigenvalue weighted by Crippen LogP contribution is 2.23. The number of carbonyl (C=O) groups is 1. The van der Waals surface area contributed by atoms with Crippen molar-refractivity contribution in [3.8, 4) is 5.75 Å². The number of hydrogen-bond donors (Lipinski definition) is 0. The van der Waals surface area contributed by atoms with Gasteiger partial charge in [-0.25, -0.2) is 0 Å². The summed E-state index contributed by atoms with van der Waals surface area (Å²) in [5.41, 5.74) is 0.900. The number of alkyl halides is 3. The van der Waals surface area contributed by atoms with Crippen LogP contribution in [0, 0.1) is 0 Å². The highest BCUT2D eigenvalue weighted by atomic mass is 19.4. The molecule has 0 spiro atoms. The summed E-state index contributed by atoms with van der Waals surface area (Å²) in [6.45, 7) is 1.28. The van der Waals surface area contributed by atoms with E-state index in [-0.39, 0.29) is 17.7 Å². The maximum atomic E-state index is 12.1. The molecule has 0 aliphatic carbocycles. The van der Waals surface area contributed by atoms with Gasteiger partial charge >= 0.3 is 6.36 Å². The Morgan fingerprint density at radius 3 is 2.50 bits per heavy atom. The highest BCUT2D eigenvalue weighted by molar-refractivity contribution is 5.76. The van der Waals surface area contributed by atoms with Gasteiger partial charge in [-0.3, -0.25) is 9.69 Å². The lowest BCUT2D eigenvalue weighted by atomic mass is 10.0. The first-order chi connectivity index (χ1) is 10.2. The van der Waals surface area contributed by atoms with Crippen LogP contribution in [0.5, 0.6) is 5.75 Å². The first kappa shape index (κ1) is 16.6. The topological polar surface area (TPSA) is 32.8 Å². The molecule has 0 radical (unpaired) electrons. The van der Waals surface area contributed by atoms with E-state index in [1.54, 1.807) is 24.1 Å². The minimum absolute atomic E-state index is 0.151. The molecule has 1 aliphatic rings. The molecule has 1 unspecified atom stereocenters. The Hall–Kier alpha value is -1.76. The molecule has 1 aromatic rings. The smallest absolute Gasteiger partial charge is 0.406 e. The zero-order valence-corrected chi connectivity index (χ0v) is 12.6. The minimum atomic E-state index is -4.67. The van der Waals surface area contributed by atoms with Gasteiger partial charge in [0.25, 0.3) is 0 Å². The van der Waals surface area contributed by atoms with Gasteiger partial charge in [-0.15, -0.1) is 13.2 Å². The molecular formula is C15H19F3N2O2. The normalized spacial score (nSPS) is 19.6. The van der Waals surface area contributed by atoms with Gasteiger partial charge in [-0.05, 0) is 31.2 Å². The number of rotatable bonds is 4. The first-order valence-electron chi connectivity index (χ1n) is 7.03. The number of benzene rings is 1. The van der Waals surface area contributed by atoms with E-state index in [0.717, 1.165) is 12.0 Å². The number of halogens is 3. The molecule has 2 rings (SSSR count). The predicted octanol–water partition coefficient (Wildman–Crippen LogP) is 2.64. The number of nitrogens with zero attached hydrogens (tertiary/aromatic N) is 2. The number of likely N-dealkylation sites (N-methyl/N-ethyl adjacent to an activating group) is 2. The third-order valence-electron chi connectivity index (χ3n) is 3.81. The summed E-state index contributed by atoms with van der Waals surface area (Å²) < 4.78 is 40.1. The van der Waals surface area contributed by atoms with Crippen LogP contribution >= 0.6 is 0 Å². The second-order valence-electron chi connectivity index (χ2n) is 5.57. The molecule has 1 fully saturated rings. The Kier molecular flexibility index (Phi) is 4.95. The van der Waals surface area contributed by atoms with Crippen molar-refractivity contribution in [2.75, 3.05) is 20.6 Å². The second kappa shape index (κ2) is 6.56. The highest BCUT2D eigenvalue weighted by Gasteiger charge is 2.31. The second-order valence-corrected chi connectivity index (χ2v) is 5.57. The fourth-order valence-electron chi connectivity index (χ4n) is 2.56. The van der Waals surface area contributed by atoms with Crippen molar-refractivity contribution in [3.05, 3.63) is 29.8 Å². The molecule has 1 atom stereocenters. The summed E-state index contributed by atoms with van der Waals surface area (Å²) in [4.78, 5) is 15.3. The maximum Gasteiger partial charge on any atom is 0.573 e. The SMILES string of the molecule is CN1CC(N(C)Cc2ccc(OC(F)(F)F)cc2)CCC1=O. The number of piperidine rings is 1. The van der Waals surface area contributed by atoms with Crippen molar-refractivity contribution in [3.63, 3.8) is 0 Å². The van der Waals surface area contributed by atoms with Crippen LogP contribution in [-0.4, -0.2) is 48.8 Å². The number of likely N-dealkylation sites (tertiary alicyclic amines) is 1. The van der Waals surface area contributed by atoms with Gasteiger partial charge in [0.15, 0.2) is 0 Å². The van der Waals surface area contributed by atoms with E-state index in [4.69, 9.17) is 0 Å². The molecule has 0 N–H and O–H groups in total. The molecule has 1 aromatic carbocycles. The standard InChI is InChI=1S/C15H19F3N2O2/c1-19(12-5-8-14(21)20(2)10-12)9-11-3-6-13(7-4-11)22-15(16,17)18/h3-4,6-7,12H,5,8-10H2,1-2H3. The van der Waals surface area contributed by atoms with Crippen LogP contribution < -0.4 is 4.74 Å². The molecule has 0 bridgehead atoms. The zero-order valence-electron chi connectivity index (χ0n) is 12.6. The fraction of sp³-hybridized carbons (Fsp3) is 0.533. The van der Waals surface area contributed by atoms with Crippen LogP contribution in [0.1, 0.15) is 18.4 Å². The largest absolute Gasteiger partial charge is 0.573 e. The summed E-state index contributed by atoms with van der Waals surface area (Å²) in [5.74, 6) is -0.0693. The molecule has 1 heterocycles. The molecule has 1 aliphatic heterocycles. The Morgan fingerprint density at radius 2 is 1.95 bits per heavy atom. The van der Waals surface area contributed by atoms with Crippen LogP contribution in [0.3, 0.4) is 0 Å². The summed E-state index contributed by atoms with van der Waals surface area (Å²) in [6.07, 6.45) is -3.34. The van der Waals surface area contributed by atoms with Crippen molar-refractivity contribution in [1.82, 2.24) is 9.80 Å². The van der Waals surface area contributed by atoms with Gasteiger partial charge in [0.1, 0.15) is 5.75 Å². The third-order valence-corrected chi connectivity index (χ3v) is 3.81. The number of carbonyl (C=O) groups excluding carboxylic acids is 1. The molecule has 7 heteroatoms. The van der Waals surface area contributed by atoms with Crippen molar-refractivity contribution in [2.24, 2.45) is 0 Å². The molecule has 4 nitrogen and oxygen atoms in total. The molecule has 122 valence electrons. The number of ether oxygens (including phenoxy) is 1. The lowest BCUT2D eigenvalue weighted by molar-refractivity contribution is -0.274. The van der Waals surface area contributed by atoms with Crippen molar-refractivity contribution in [1.29, 1.82) is 0 Å². The Balaban J connectivity index is 1.91. The van der Waals surface area contributed by atoms with Crippen molar-refractivity contribution < 1.29 is 22.7 Å². The fourth-order valence-corrected chi connectivity index (χ4v) is 2.56. The van der Waals surface area contributed by atoms with E-state index in [1.165, 1.54) is 12.1 Å². The van der Waals surface area contributed by atoms with E-state index in [9.17, 15) is 18.0 Å². The van der Waals surface area contributed by atoms with Gasteiger partial charge < -0.3 is 9.64 Å². The summed E-state index contributed by atoms with van der Waals surface area (Å²) in [5, 5.41) is 0. The van der Waals surface area contributed by atoms with Crippen LogP contribution in [0.25, 0.3) is 0 Å². The number of hydrogen-bond acceptors (Lipinski definition) is 3. The molecule has 0 saturated carbocycles. The Labute approximate surface area is 127 Å². The Morgan fingerprint density at radius 1 is 1.32 bits per heavy atom. The van der Waals surface area contributed by atoms with Crippen LogP contribution in [0.4, 0.5) is 13.2 Å². The predicted molar refractivity (Wildman–Crippen MR) is 75.3 cm³/mol. The Bertz CT molecular complexity index is 517. The van der Waals surface area contributed by atoms with E-state index in [2.05, 4.69) is 9.64 Å². The third kappa shape index (κ3) is 4.62. The van der Waals surface area contributed by atoms with E-state index in [1.807, 2.05) is 7.05 Å². The lowest BCUT2D eigenvalue weighted by Crippen LogP contribution is -2.47. The van der Waals surface area contributed by atoms with Gasteiger partial charge in [0.2, 0.25) is 5.91 Å². The molecule has 0 aromatic heterocycles. The van der Waals surface area contributed by atoms with E-state index in [0.29, 0.717) is 19.5 Å². The summed E-state index contributed by atoms with van der Waals surface area (Å²) in [6, 6.07) is 6.12. The molecule has 1 amide bonds. The average molecular weight is 316 g/mol. The molecule has 22 heavy (non-hydrogen) atoms. The minimum Gasteiger partial charge on any atom is -0.406 e. The van der Waals surface area contributed by atoms with Crippen LogP contribution in [0.2, 0.25) is 0 Å². The van der Waals surface area contributed by atoms with Gasteiger partial charge in [-0.1, -0.05) is 12.1 Å². The molecule has 1 saturated heterocycles. The summed E-state index contributed by atoms with van der Waals surface area (Å²) in [7, 11) is 3.74. The maximum absolute atomic E-state index is 12.1. The van der Waals surface area contributed by atoms with Gasteiger partial charge in [0.05, 0.1) is 0 Å². The summed E-state index contributed by atoms with van der Waals surface area (Å²) >= 11 is 0. The van der Waals surface area contributed by atoms with Crippen molar-refractivity contribution in [2.45, 2.75) is 31.8 Å². The van der Waals surface area contributed by atoms with E-state index < -0.39 is 6.36 Å². The zero-order chi connectivity index (χ0) is 16.3. The molecular weight excluding hydrogens is 297 g/mol. The first-order valence-corrected chi connectivity index (χ1v) is 7.03. The average Bonchev–Trinajstić information content (AvgIpc) is 2.42. The van der Waals surface area contributed by atoms with Crippen LogP contribution in [0.15, 0.2) is 24.3 Å².